The molecule has 2 aromatic heterocycles. The molecule has 1 fully saturated rings. The lowest BCUT2D eigenvalue weighted by Gasteiger charge is -2.35. The van der Waals surface area contributed by atoms with Gasteiger partial charge in [-0.25, -0.2) is 18.1 Å². The summed E-state index contributed by atoms with van der Waals surface area (Å²) in [5.41, 5.74) is 5.28. The number of carbonyl (C=O) groups is 1. The Bertz CT molecular complexity index is 1880. The lowest BCUT2D eigenvalue weighted by Crippen LogP contribution is -2.45. The first-order valence-electron chi connectivity index (χ1n) is 16.6. The number of sulfonamides is 1. The monoisotopic (exact) mass is 668 g/mol. The quantitative estimate of drug-likeness (QED) is 0.247. The third-order valence-electron chi connectivity index (χ3n) is 8.89. The summed E-state index contributed by atoms with van der Waals surface area (Å²) in [6.45, 7) is 12.7. The SMILES string of the molecule is Cc1cccc(C)c1-c1cc2nc(n1)NS(=O)(=O)c1cccc(c1)C(=O)N(Cc1ccc(N3CCCCC3)cn1)[C@H](CC(C)(C)C)CO2. The van der Waals surface area contributed by atoms with E-state index in [9.17, 15) is 13.2 Å². The van der Waals surface area contributed by atoms with Gasteiger partial charge in [-0.3, -0.25) is 9.78 Å². The third-order valence-corrected chi connectivity index (χ3v) is 10.2. The highest BCUT2D eigenvalue weighted by Crippen LogP contribution is 2.32. The van der Waals surface area contributed by atoms with Gasteiger partial charge in [-0.2, -0.15) is 4.98 Å². The lowest BCUT2D eigenvalue weighted by atomic mass is 9.87. The molecule has 48 heavy (non-hydrogen) atoms. The Hall–Kier alpha value is -4.51. The number of carbonyl (C=O) groups excluding carboxylic acids is 1. The summed E-state index contributed by atoms with van der Waals surface area (Å²) in [4.78, 5) is 32.4. The number of anilines is 2. The van der Waals surface area contributed by atoms with Gasteiger partial charge in [-0.05, 0) is 86.4 Å². The van der Waals surface area contributed by atoms with Crippen molar-refractivity contribution in [3.63, 3.8) is 0 Å². The summed E-state index contributed by atoms with van der Waals surface area (Å²) in [5.74, 6) is -0.204. The van der Waals surface area contributed by atoms with Crippen molar-refractivity contribution >= 4 is 27.6 Å². The second-order valence-corrected chi connectivity index (χ2v) is 15.7. The number of ether oxygens (including phenoxy) is 1. The van der Waals surface area contributed by atoms with Gasteiger partial charge in [0.05, 0.1) is 40.8 Å². The van der Waals surface area contributed by atoms with Crippen LogP contribution in [0.2, 0.25) is 0 Å². The minimum Gasteiger partial charge on any atom is -0.475 e. The van der Waals surface area contributed by atoms with Crippen molar-refractivity contribution in [3.8, 4) is 17.1 Å². The number of nitrogens with one attached hydrogen (secondary N) is 1. The summed E-state index contributed by atoms with van der Waals surface area (Å²) in [6.07, 6.45) is 6.09. The molecule has 10 nitrogen and oxygen atoms in total. The molecule has 4 bridgehead atoms. The molecular formula is C37H44N6O4S. The molecular weight excluding hydrogens is 625 g/mol. The minimum absolute atomic E-state index is 0.0625. The number of amides is 1. The number of piperidine rings is 1. The van der Waals surface area contributed by atoms with E-state index in [1.807, 2.05) is 44.3 Å². The maximum absolute atomic E-state index is 14.4. The van der Waals surface area contributed by atoms with Crippen molar-refractivity contribution in [1.29, 1.82) is 0 Å². The van der Waals surface area contributed by atoms with Crippen LogP contribution in [0.1, 0.15) is 73.6 Å². The fraction of sp³-hybridized carbons (Fsp3) is 0.405. The van der Waals surface area contributed by atoms with Crippen LogP contribution in [0.25, 0.3) is 11.3 Å². The summed E-state index contributed by atoms with van der Waals surface area (Å²) >= 11 is 0. The van der Waals surface area contributed by atoms with Crippen LogP contribution in [-0.2, 0) is 16.6 Å². The van der Waals surface area contributed by atoms with E-state index in [2.05, 4.69) is 46.4 Å². The molecule has 11 heteroatoms. The Labute approximate surface area is 283 Å². The molecule has 0 aliphatic carbocycles. The highest BCUT2D eigenvalue weighted by Gasteiger charge is 2.32. The highest BCUT2D eigenvalue weighted by atomic mass is 32.2. The van der Waals surface area contributed by atoms with Crippen molar-refractivity contribution in [2.45, 2.75) is 77.8 Å². The number of benzene rings is 2. The Kier molecular flexibility index (Phi) is 9.42. The van der Waals surface area contributed by atoms with Crippen molar-refractivity contribution in [2.24, 2.45) is 5.41 Å². The van der Waals surface area contributed by atoms with Gasteiger partial charge in [0, 0.05) is 30.3 Å². The van der Waals surface area contributed by atoms with Crippen LogP contribution in [0.4, 0.5) is 11.6 Å². The molecule has 2 aliphatic rings. The number of aromatic nitrogens is 3. The van der Waals surface area contributed by atoms with Gasteiger partial charge < -0.3 is 14.5 Å². The fourth-order valence-corrected chi connectivity index (χ4v) is 7.56. The normalized spacial score (nSPS) is 18.2. The predicted octanol–water partition coefficient (Wildman–Crippen LogP) is 6.79. The molecule has 6 rings (SSSR count). The van der Waals surface area contributed by atoms with Crippen LogP contribution in [0.15, 0.2) is 71.8 Å². The first-order valence-corrected chi connectivity index (χ1v) is 18.1. The Morgan fingerprint density at radius 1 is 0.938 bits per heavy atom. The zero-order valence-electron chi connectivity index (χ0n) is 28.4. The van der Waals surface area contributed by atoms with Gasteiger partial charge in [0.2, 0.25) is 11.8 Å². The number of rotatable bonds is 5. The van der Waals surface area contributed by atoms with Gasteiger partial charge in [-0.1, -0.05) is 45.0 Å². The van der Waals surface area contributed by atoms with Gasteiger partial charge in [-0.15, -0.1) is 0 Å². The average molecular weight is 669 g/mol. The van der Waals surface area contributed by atoms with Gasteiger partial charge in [0.25, 0.3) is 15.9 Å². The van der Waals surface area contributed by atoms with Crippen LogP contribution in [0, 0.1) is 19.3 Å². The molecule has 2 aromatic carbocycles. The zero-order valence-corrected chi connectivity index (χ0v) is 29.2. The van der Waals surface area contributed by atoms with Crippen LogP contribution >= 0.6 is 0 Å². The van der Waals surface area contributed by atoms with Crippen LogP contribution in [0.3, 0.4) is 0 Å². The molecule has 1 amide bonds. The standard InChI is InChI=1S/C37H44N6O4S/c1-25-11-9-12-26(2)34(25)32-20-33-40-36(39-32)41-48(45,46)31-14-10-13-27(19-31)35(44)43(30(24-47-33)21-37(3,4)5)23-28-15-16-29(22-38-28)42-17-7-6-8-18-42/h9-16,19-20,22,30H,6-8,17-18,21,23-24H2,1-5H3,(H,39,40,41)/t30-/m1/s1. The fourth-order valence-electron chi connectivity index (χ4n) is 6.57. The number of aryl methyl sites for hydroxylation is 2. The second-order valence-electron chi connectivity index (χ2n) is 14.0. The summed E-state index contributed by atoms with van der Waals surface area (Å²) in [5, 5.41) is 0. The van der Waals surface area contributed by atoms with Crippen molar-refractivity contribution in [1.82, 2.24) is 19.9 Å². The maximum atomic E-state index is 14.4. The Morgan fingerprint density at radius 2 is 1.67 bits per heavy atom. The minimum atomic E-state index is -4.15. The zero-order chi connectivity index (χ0) is 34.1. The molecule has 0 saturated carbocycles. The first-order chi connectivity index (χ1) is 22.9. The number of hydrogen-bond acceptors (Lipinski definition) is 8. The second kappa shape index (κ2) is 13.5. The van der Waals surface area contributed by atoms with Crippen LogP contribution in [-0.4, -0.2) is 59.9 Å². The predicted molar refractivity (Wildman–Crippen MR) is 188 cm³/mol. The number of hydrogen-bond donors (Lipinski definition) is 1. The average Bonchev–Trinajstić information content (AvgIpc) is 3.05. The number of fused-ring (bicyclic) bond motifs is 4. The van der Waals surface area contributed by atoms with E-state index in [-0.39, 0.29) is 46.8 Å². The summed E-state index contributed by atoms with van der Waals surface area (Å²) < 4.78 is 36.3. The van der Waals surface area contributed by atoms with Crippen molar-refractivity contribution in [2.75, 3.05) is 29.3 Å². The van der Waals surface area contributed by atoms with E-state index in [4.69, 9.17) is 9.72 Å². The molecule has 252 valence electrons. The summed E-state index contributed by atoms with van der Waals surface area (Å²) in [7, 11) is -4.15. The van der Waals surface area contributed by atoms with Gasteiger partial charge in [0.15, 0.2) is 0 Å². The Morgan fingerprint density at radius 3 is 2.35 bits per heavy atom. The molecule has 0 unspecified atom stereocenters. The van der Waals surface area contributed by atoms with E-state index in [1.165, 1.54) is 31.4 Å². The van der Waals surface area contributed by atoms with Crippen LogP contribution in [0.5, 0.6) is 5.88 Å². The molecule has 2 aliphatic heterocycles. The molecule has 4 heterocycles. The smallest absolute Gasteiger partial charge is 0.264 e. The van der Waals surface area contributed by atoms with Gasteiger partial charge >= 0.3 is 0 Å². The summed E-state index contributed by atoms with van der Waals surface area (Å²) in [6, 6.07) is 17.4. The third kappa shape index (κ3) is 7.62. The van der Waals surface area contributed by atoms with Crippen LogP contribution < -0.4 is 14.4 Å². The molecule has 0 spiro atoms. The van der Waals surface area contributed by atoms with E-state index in [0.717, 1.165) is 41.2 Å². The van der Waals surface area contributed by atoms with E-state index in [1.54, 1.807) is 23.1 Å². The van der Waals surface area contributed by atoms with Crippen molar-refractivity contribution in [3.05, 3.63) is 89.2 Å². The Balaban J connectivity index is 1.43. The molecule has 1 N–H and O–H groups in total. The molecule has 1 atom stereocenters. The largest absolute Gasteiger partial charge is 0.475 e. The number of nitrogens with zero attached hydrogens (tertiary/aromatic N) is 5. The molecule has 1 saturated heterocycles. The maximum Gasteiger partial charge on any atom is 0.264 e. The van der Waals surface area contributed by atoms with E-state index in [0.29, 0.717) is 12.1 Å². The van der Waals surface area contributed by atoms with E-state index >= 15 is 0 Å². The molecule has 0 radical (unpaired) electrons. The van der Waals surface area contributed by atoms with E-state index < -0.39 is 16.1 Å². The van der Waals surface area contributed by atoms with Gasteiger partial charge in [0.1, 0.15) is 6.61 Å². The topological polar surface area (TPSA) is 118 Å². The highest BCUT2D eigenvalue weighted by molar-refractivity contribution is 7.92. The molecule has 4 aromatic rings. The van der Waals surface area contributed by atoms with Crippen molar-refractivity contribution < 1.29 is 17.9 Å². The lowest BCUT2D eigenvalue weighted by molar-refractivity contribution is 0.0509. The first kappa shape index (κ1) is 33.4. The number of pyridine rings is 1.